The second-order valence-corrected chi connectivity index (χ2v) is 7.33. The maximum Gasteiger partial charge on any atom is 0.257 e. The van der Waals surface area contributed by atoms with Crippen LogP contribution < -0.4 is 25.4 Å². The Morgan fingerprint density at radius 1 is 0.788 bits per heavy atom. The number of nitrogens with one attached hydrogen (secondary N) is 3. The van der Waals surface area contributed by atoms with E-state index in [-0.39, 0.29) is 16.9 Å². The number of amides is 2. The fourth-order valence-corrected chi connectivity index (χ4v) is 3.00. The van der Waals surface area contributed by atoms with Crippen LogP contribution in [0.4, 0.5) is 11.4 Å². The zero-order valence-electron chi connectivity index (χ0n) is 18.2. The third-order valence-electron chi connectivity index (χ3n) is 4.43. The topological polar surface area (TPSA) is 88.7 Å². The van der Waals surface area contributed by atoms with Gasteiger partial charge >= 0.3 is 0 Å². The molecular formula is C25H25N3O4S. The van der Waals surface area contributed by atoms with Crippen LogP contribution in [-0.2, 0) is 4.79 Å². The van der Waals surface area contributed by atoms with Crippen LogP contribution in [0.25, 0.3) is 0 Å². The van der Waals surface area contributed by atoms with Crippen molar-refractivity contribution in [2.75, 3.05) is 23.8 Å². The molecule has 0 fully saturated rings. The second-order valence-electron chi connectivity index (χ2n) is 6.93. The van der Waals surface area contributed by atoms with Crippen molar-refractivity contribution in [2.45, 2.75) is 13.3 Å². The Kier molecular flexibility index (Phi) is 8.79. The van der Waals surface area contributed by atoms with Gasteiger partial charge in [0.25, 0.3) is 5.91 Å². The van der Waals surface area contributed by atoms with Crippen LogP contribution in [0.5, 0.6) is 11.5 Å². The molecule has 3 aromatic rings. The van der Waals surface area contributed by atoms with Gasteiger partial charge in [-0.3, -0.25) is 14.9 Å². The summed E-state index contributed by atoms with van der Waals surface area (Å²) in [5.74, 6) is 0.914. The molecule has 0 saturated heterocycles. The summed E-state index contributed by atoms with van der Waals surface area (Å²) in [5, 5.41) is 8.52. The molecule has 170 valence electrons. The molecule has 0 unspecified atom stereocenters. The number of anilines is 2. The number of hydrogen-bond acceptors (Lipinski definition) is 5. The van der Waals surface area contributed by atoms with Crippen LogP contribution in [0.3, 0.4) is 0 Å². The van der Waals surface area contributed by atoms with E-state index in [9.17, 15) is 9.59 Å². The van der Waals surface area contributed by atoms with Crippen molar-refractivity contribution < 1.29 is 19.1 Å². The summed E-state index contributed by atoms with van der Waals surface area (Å²) < 4.78 is 11.3. The van der Waals surface area contributed by atoms with E-state index in [1.165, 1.54) is 0 Å². The molecule has 3 N–H and O–H groups in total. The lowest BCUT2D eigenvalue weighted by Gasteiger charge is -2.12. The first kappa shape index (κ1) is 23.7. The van der Waals surface area contributed by atoms with Crippen LogP contribution in [0, 0.1) is 0 Å². The van der Waals surface area contributed by atoms with E-state index >= 15 is 0 Å². The van der Waals surface area contributed by atoms with Crippen molar-refractivity contribution in [3.8, 4) is 11.5 Å². The number of carbonyl (C=O) groups is 2. The Bertz CT molecular complexity index is 1090. The highest BCUT2D eigenvalue weighted by Crippen LogP contribution is 2.15. The third-order valence-corrected chi connectivity index (χ3v) is 4.64. The van der Waals surface area contributed by atoms with E-state index in [1.807, 2.05) is 30.3 Å². The maximum atomic E-state index is 12.6. The Morgan fingerprint density at radius 2 is 1.39 bits per heavy atom. The summed E-state index contributed by atoms with van der Waals surface area (Å²) in [7, 11) is 0. The molecule has 0 atom stereocenters. The van der Waals surface area contributed by atoms with Gasteiger partial charge in [-0.05, 0) is 66.8 Å². The Hall–Kier alpha value is -3.91. The first-order valence-electron chi connectivity index (χ1n) is 10.5. The van der Waals surface area contributed by atoms with Gasteiger partial charge in [-0.15, -0.1) is 0 Å². The van der Waals surface area contributed by atoms with Crippen molar-refractivity contribution in [2.24, 2.45) is 0 Å². The molecular weight excluding hydrogens is 438 g/mol. The molecule has 7 nitrogen and oxygen atoms in total. The minimum absolute atomic E-state index is 0.0616. The molecule has 0 heterocycles. The quantitative estimate of drug-likeness (QED) is 0.317. The normalized spacial score (nSPS) is 10.1. The highest BCUT2D eigenvalue weighted by atomic mass is 32.1. The van der Waals surface area contributed by atoms with Gasteiger partial charge in [-0.25, -0.2) is 0 Å². The van der Waals surface area contributed by atoms with Gasteiger partial charge in [0.15, 0.2) is 5.11 Å². The van der Waals surface area contributed by atoms with Crippen LogP contribution in [0.15, 0.2) is 78.9 Å². The lowest BCUT2D eigenvalue weighted by molar-refractivity contribution is -0.115. The van der Waals surface area contributed by atoms with Crippen molar-refractivity contribution in [1.29, 1.82) is 0 Å². The fourth-order valence-electron chi connectivity index (χ4n) is 2.79. The van der Waals surface area contributed by atoms with E-state index in [4.69, 9.17) is 21.7 Å². The molecule has 3 rings (SSSR count). The van der Waals surface area contributed by atoms with E-state index in [0.29, 0.717) is 42.3 Å². The van der Waals surface area contributed by atoms with E-state index in [0.717, 1.165) is 5.75 Å². The Morgan fingerprint density at radius 3 is 2.06 bits per heavy atom. The van der Waals surface area contributed by atoms with Gasteiger partial charge in [0, 0.05) is 23.4 Å². The van der Waals surface area contributed by atoms with Crippen LogP contribution >= 0.6 is 12.2 Å². The molecule has 0 spiro atoms. The van der Waals surface area contributed by atoms with Crippen LogP contribution in [0.1, 0.15) is 23.7 Å². The zero-order chi connectivity index (χ0) is 23.5. The van der Waals surface area contributed by atoms with E-state index in [2.05, 4.69) is 16.0 Å². The van der Waals surface area contributed by atoms with Crippen LogP contribution in [-0.4, -0.2) is 30.1 Å². The molecule has 33 heavy (non-hydrogen) atoms. The standard InChI is InChI=1S/C25H25N3O4S/c1-2-23(29)26-19-11-13-20(14-12-19)27-25(33)28-24(30)18-7-6-10-22(17-18)32-16-15-31-21-8-4-3-5-9-21/h3-14,17H,2,15-16H2,1H3,(H,26,29)(H2,27,28,30,33). The number of carbonyl (C=O) groups excluding carboxylic acids is 2. The van der Waals surface area contributed by atoms with Gasteiger partial charge in [-0.2, -0.15) is 0 Å². The van der Waals surface area contributed by atoms with E-state index in [1.54, 1.807) is 55.5 Å². The highest BCUT2D eigenvalue weighted by molar-refractivity contribution is 7.80. The van der Waals surface area contributed by atoms with Crippen LogP contribution in [0.2, 0.25) is 0 Å². The molecule has 0 aromatic heterocycles. The highest BCUT2D eigenvalue weighted by Gasteiger charge is 2.09. The molecule has 8 heteroatoms. The molecule has 3 aromatic carbocycles. The minimum atomic E-state index is -0.356. The van der Waals surface area contributed by atoms with Gasteiger partial charge in [0.2, 0.25) is 5.91 Å². The lowest BCUT2D eigenvalue weighted by Crippen LogP contribution is -2.34. The first-order chi connectivity index (χ1) is 16.0. The fraction of sp³-hybridized carbons (Fsp3) is 0.160. The average Bonchev–Trinajstić information content (AvgIpc) is 2.84. The Balaban J connectivity index is 1.46. The maximum absolute atomic E-state index is 12.6. The van der Waals surface area contributed by atoms with Crippen molar-refractivity contribution in [3.63, 3.8) is 0 Å². The summed E-state index contributed by atoms with van der Waals surface area (Å²) in [6, 6.07) is 23.3. The summed E-state index contributed by atoms with van der Waals surface area (Å²) >= 11 is 5.24. The lowest BCUT2D eigenvalue weighted by atomic mass is 10.2. The summed E-state index contributed by atoms with van der Waals surface area (Å²) in [6.07, 6.45) is 0.407. The molecule has 0 aliphatic carbocycles. The molecule has 0 aliphatic rings. The van der Waals surface area contributed by atoms with Gasteiger partial charge in [-0.1, -0.05) is 31.2 Å². The second kappa shape index (κ2) is 12.2. The van der Waals surface area contributed by atoms with Gasteiger partial charge in [0.1, 0.15) is 24.7 Å². The van der Waals surface area contributed by atoms with E-state index < -0.39 is 0 Å². The monoisotopic (exact) mass is 463 g/mol. The number of thiocarbonyl (C=S) groups is 1. The van der Waals surface area contributed by atoms with Gasteiger partial charge in [0.05, 0.1) is 0 Å². The largest absolute Gasteiger partial charge is 0.490 e. The number of ether oxygens (including phenoxy) is 2. The van der Waals surface area contributed by atoms with Crippen molar-refractivity contribution in [1.82, 2.24) is 5.32 Å². The van der Waals surface area contributed by atoms with Crippen molar-refractivity contribution >= 4 is 40.5 Å². The minimum Gasteiger partial charge on any atom is -0.490 e. The predicted octanol–water partition coefficient (Wildman–Crippen LogP) is 4.62. The third kappa shape index (κ3) is 7.93. The first-order valence-corrected chi connectivity index (χ1v) is 10.9. The molecule has 0 radical (unpaired) electrons. The SMILES string of the molecule is CCC(=O)Nc1ccc(NC(=S)NC(=O)c2cccc(OCCOc3ccccc3)c2)cc1. The molecule has 0 aliphatic heterocycles. The number of benzene rings is 3. The molecule has 2 amide bonds. The molecule has 0 bridgehead atoms. The summed E-state index contributed by atoms with van der Waals surface area (Å²) in [6.45, 7) is 2.51. The summed E-state index contributed by atoms with van der Waals surface area (Å²) in [5.41, 5.74) is 1.79. The van der Waals surface area contributed by atoms with Crippen molar-refractivity contribution in [3.05, 3.63) is 84.4 Å². The Labute approximate surface area is 198 Å². The summed E-state index contributed by atoms with van der Waals surface area (Å²) in [4.78, 5) is 24.0. The predicted molar refractivity (Wildman–Crippen MR) is 133 cm³/mol. The number of hydrogen-bond donors (Lipinski definition) is 3. The number of rotatable bonds is 9. The molecule has 0 saturated carbocycles. The zero-order valence-corrected chi connectivity index (χ0v) is 19.0. The van der Waals surface area contributed by atoms with Gasteiger partial charge < -0.3 is 20.1 Å². The smallest absolute Gasteiger partial charge is 0.257 e. The average molecular weight is 464 g/mol. The number of para-hydroxylation sites is 1.